The van der Waals surface area contributed by atoms with Gasteiger partial charge in [-0.1, -0.05) is 6.42 Å². The van der Waals surface area contributed by atoms with Crippen molar-refractivity contribution in [3.63, 3.8) is 0 Å². The number of hydrogen-bond acceptors (Lipinski definition) is 3. The molecular formula is C14H16O3. The van der Waals surface area contributed by atoms with Crippen molar-refractivity contribution in [2.45, 2.75) is 44.8 Å². The quantitative estimate of drug-likeness (QED) is 0.697. The van der Waals surface area contributed by atoms with E-state index in [2.05, 4.69) is 0 Å². The number of rotatable bonds is 1. The Labute approximate surface area is 101 Å². The Morgan fingerprint density at radius 2 is 1.82 bits per heavy atom. The molecule has 0 radical (unpaired) electrons. The molecule has 17 heavy (non-hydrogen) atoms. The third-order valence-electron chi connectivity index (χ3n) is 3.56. The Balaban J connectivity index is 1.89. The molecule has 3 heteroatoms. The van der Waals surface area contributed by atoms with E-state index in [0.717, 1.165) is 37.2 Å². The molecule has 2 aliphatic rings. The second-order valence-corrected chi connectivity index (χ2v) is 4.89. The molecule has 1 aromatic carbocycles. The van der Waals surface area contributed by atoms with E-state index in [1.165, 1.54) is 6.42 Å². The lowest BCUT2D eigenvalue weighted by Gasteiger charge is -2.31. The van der Waals surface area contributed by atoms with Gasteiger partial charge in [0.2, 0.25) is 0 Å². The van der Waals surface area contributed by atoms with Gasteiger partial charge in [0.25, 0.3) is 5.79 Å². The summed E-state index contributed by atoms with van der Waals surface area (Å²) in [4.78, 5) is 11.3. The lowest BCUT2D eigenvalue weighted by atomic mass is 9.94. The summed E-state index contributed by atoms with van der Waals surface area (Å²) in [6.07, 6.45) is 5.43. The maximum atomic E-state index is 11.3. The average molecular weight is 232 g/mol. The Morgan fingerprint density at radius 1 is 1.12 bits per heavy atom. The summed E-state index contributed by atoms with van der Waals surface area (Å²) in [6, 6.07) is 5.43. The molecule has 3 nitrogen and oxygen atoms in total. The van der Waals surface area contributed by atoms with Gasteiger partial charge in [0.05, 0.1) is 0 Å². The fourth-order valence-corrected chi connectivity index (χ4v) is 2.61. The summed E-state index contributed by atoms with van der Waals surface area (Å²) in [7, 11) is 0. The van der Waals surface area contributed by atoms with Crippen molar-refractivity contribution in [1.29, 1.82) is 0 Å². The van der Waals surface area contributed by atoms with Gasteiger partial charge in [0, 0.05) is 18.4 Å². The second kappa shape index (κ2) is 3.76. The predicted molar refractivity (Wildman–Crippen MR) is 63.5 cm³/mol. The summed E-state index contributed by atoms with van der Waals surface area (Å²) in [5, 5.41) is 0. The molecule has 0 bridgehead atoms. The summed E-state index contributed by atoms with van der Waals surface area (Å²) in [5.74, 6) is 1.10. The van der Waals surface area contributed by atoms with Gasteiger partial charge in [-0.15, -0.1) is 0 Å². The first kappa shape index (κ1) is 10.6. The SMILES string of the molecule is CC(=O)c1ccc2c(c1)OC1(CCCCC1)O2. The van der Waals surface area contributed by atoms with Gasteiger partial charge in [0.15, 0.2) is 17.3 Å². The first-order valence-corrected chi connectivity index (χ1v) is 6.22. The number of ketones is 1. The minimum Gasteiger partial charge on any atom is -0.448 e. The number of ether oxygens (including phenoxy) is 2. The highest BCUT2D eigenvalue weighted by molar-refractivity contribution is 5.94. The molecule has 1 fully saturated rings. The Kier molecular flexibility index (Phi) is 2.35. The van der Waals surface area contributed by atoms with E-state index in [9.17, 15) is 4.79 Å². The zero-order valence-electron chi connectivity index (χ0n) is 9.99. The van der Waals surface area contributed by atoms with Gasteiger partial charge in [-0.05, 0) is 38.0 Å². The fraction of sp³-hybridized carbons (Fsp3) is 0.500. The molecule has 3 rings (SSSR count). The lowest BCUT2D eigenvalue weighted by Crippen LogP contribution is -2.40. The van der Waals surface area contributed by atoms with Crippen LogP contribution in [-0.2, 0) is 0 Å². The molecule has 1 saturated carbocycles. The number of benzene rings is 1. The van der Waals surface area contributed by atoms with Crippen molar-refractivity contribution in [2.24, 2.45) is 0 Å². The van der Waals surface area contributed by atoms with Crippen LogP contribution < -0.4 is 9.47 Å². The van der Waals surface area contributed by atoms with E-state index >= 15 is 0 Å². The van der Waals surface area contributed by atoms with Gasteiger partial charge in [0.1, 0.15) is 0 Å². The largest absolute Gasteiger partial charge is 0.448 e. The van der Waals surface area contributed by atoms with E-state index in [4.69, 9.17) is 9.47 Å². The van der Waals surface area contributed by atoms with Gasteiger partial charge >= 0.3 is 0 Å². The molecule has 1 heterocycles. The van der Waals surface area contributed by atoms with E-state index in [0.29, 0.717) is 5.56 Å². The normalized spacial score (nSPS) is 20.5. The van der Waals surface area contributed by atoms with Crippen LogP contribution in [-0.4, -0.2) is 11.6 Å². The number of carbonyl (C=O) groups excluding carboxylic acids is 1. The molecular weight excluding hydrogens is 216 g/mol. The minimum absolute atomic E-state index is 0.0565. The van der Waals surface area contributed by atoms with Crippen LogP contribution in [0.3, 0.4) is 0 Å². The standard InChI is InChI=1S/C14H16O3/c1-10(15)11-5-6-12-13(9-11)17-14(16-12)7-3-2-4-8-14/h5-6,9H,2-4,7-8H2,1H3. The first-order chi connectivity index (χ1) is 8.19. The van der Waals surface area contributed by atoms with E-state index < -0.39 is 5.79 Å². The van der Waals surface area contributed by atoms with Gasteiger partial charge < -0.3 is 9.47 Å². The third-order valence-corrected chi connectivity index (χ3v) is 3.56. The van der Waals surface area contributed by atoms with Gasteiger partial charge in [-0.25, -0.2) is 0 Å². The molecule has 1 aromatic rings. The Hall–Kier alpha value is -1.51. The Morgan fingerprint density at radius 3 is 2.53 bits per heavy atom. The van der Waals surface area contributed by atoms with Crippen molar-refractivity contribution >= 4 is 5.78 Å². The van der Waals surface area contributed by atoms with E-state index in [-0.39, 0.29) is 5.78 Å². The number of hydrogen-bond donors (Lipinski definition) is 0. The maximum Gasteiger partial charge on any atom is 0.251 e. The van der Waals surface area contributed by atoms with Crippen LogP contribution in [0.4, 0.5) is 0 Å². The third kappa shape index (κ3) is 1.79. The Bertz CT molecular complexity index is 459. The van der Waals surface area contributed by atoms with Crippen molar-refractivity contribution in [1.82, 2.24) is 0 Å². The summed E-state index contributed by atoms with van der Waals surface area (Å²) >= 11 is 0. The predicted octanol–water partition coefficient (Wildman–Crippen LogP) is 3.32. The summed E-state index contributed by atoms with van der Waals surface area (Å²) in [5.41, 5.74) is 0.681. The van der Waals surface area contributed by atoms with Crippen LogP contribution in [0.25, 0.3) is 0 Å². The average Bonchev–Trinajstić information content (AvgIpc) is 2.66. The van der Waals surface area contributed by atoms with E-state index in [1.54, 1.807) is 19.1 Å². The molecule has 0 N–H and O–H groups in total. The molecule has 0 atom stereocenters. The van der Waals surface area contributed by atoms with Crippen LogP contribution in [0.2, 0.25) is 0 Å². The van der Waals surface area contributed by atoms with Crippen molar-refractivity contribution < 1.29 is 14.3 Å². The molecule has 0 aromatic heterocycles. The number of Topliss-reactive ketones (excluding diaryl/α,β-unsaturated/α-hetero) is 1. The van der Waals surface area contributed by atoms with Crippen LogP contribution in [0.1, 0.15) is 49.4 Å². The highest BCUT2D eigenvalue weighted by atomic mass is 16.7. The van der Waals surface area contributed by atoms with E-state index in [1.807, 2.05) is 6.07 Å². The first-order valence-electron chi connectivity index (χ1n) is 6.22. The van der Waals surface area contributed by atoms with Crippen LogP contribution in [0, 0.1) is 0 Å². The number of fused-ring (bicyclic) bond motifs is 1. The fourth-order valence-electron chi connectivity index (χ4n) is 2.61. The lowest BCUT2D eigenvalue weighted by molar-refractivity contribution is -0.105. The number of carbonyl (C=O) groups is 1. The van der Waals surface area contributed by atoms with Crippen molar-refractivity contribution in [3.8, 4) is 11.5 Å². The second-order valence-electron chi connectivity index (χ2n) is 4.89. The van der Waals surface area contributed by atoms with Crippen molar-refractivity contribution in [2.75, 3.05) is 0 Å². The smallest absolute Gasteiger partial charge is 0.251 e. The molecule has 1 spiro atoms. The molecule has 1 aliphatic heterocycles. The highest BCUT2D eigenvalue weighted by Gasteiger charge is 2.42. The van der Waals surface area contributed by atoms with Crippen molar-refractivity contribution in [3.05, 3.63) is 23.8 Å². The molecule has 0 amide bonds. The minimum atomic E-state index is -0.448. The zero-order valence-corrected chi connectivity index (χ0v) is 9.99. The molecule has 0 unspecified atom stereocenters. The monoisotopic (exact) mass is 232 g/mol. The summed E-state index contributed by atoms with van der Waals surface area (Å²) in [6.45, 7) is 1.56. The van der Waals surface area contributed by atoms with Gasteiger partial charge in [-0.2, -0.15) is 0 Å². The maximum absolute atomic E-state index is 11.3. The molecule has 0 saturated heterocycles. The highest BCUT2D eigenvalue weighted by Crippen LogP contribution is 2.45. The van der Waals surface area contributed by atoms with Gasteiger partial charge in [-0.3, -0.25) is 4.79 Å². The topological polar surface area (TPSA) is 35.5 Å². The van der Waals surface area contributed by atoms with Crippen LogP contribution in [0.15, 0.2) is 18.2 Å². The summed E-state index contributed by atoms with van der Waals surface area (Å²) < 4.78 is 11.9. The van der Waals surface area contributed by atoms with Crippen LogP contribution >= 0.6 is 0 Å². The van der Waals surface area contributed by atoms with Crippen LogP contribution in [0.5, 0.6) is 11.5 Å². The zero-order chi connectivity index (χ0) is 11.9. The molecule has 90 valence electrons. The molecule has 1 aliphatic carbocycles.